The first-order valence-electron chi connectivity index (χ1n) is 7.52. The van der Waals surface area contributed by atoms with Crippen molar-refractivity contribution in [3.63, 3.8) is 0 Å². The minimum Gasteiger partial charge on any atom is -0.406 e. The molecule has 2 aliphatic rings. The van der Waals surface area contributed by atoms with E-state index in [0.717, 1.165) is 23.8 Å². The Bertz CT molecular complexity index is 485. The lowest BCUT2D eigenvalue weighted by Gasteiger charge is -2.25. The van der Waals surface area contributed by atoms with Crippen LogP contribution < -0.4 is 10.5 Å². The van der Waals surface area contributed by atoms with Crippen LogP contribution in [0.15, 0.2) is 24.3 Å². The minimum absolute atomic E-state index is 0.103. The van der Waals surface area contributed by atoms with Crippen LogP contribution in [0.25, 0.3) is 0 Å². The van der Waals surface area contributed by atoms with Gasteiger partial charge in [0.15, 0.2) is 0 Å². The molecule has 4 unspecified atom stereocenters. The van der Waals surface area contributed by atoms with E-state index in [4.69, 9.17) is 5.73 Å². The van der Waals surface area contributed by atoms with Gasteiger partial charge in [-0.15, -0.1) is 13.2 Å². The lowest BCUT2D eigenvalue weighted by molar-refractivity contribution is -0.274. The van der Waals surface area contributed by atoms with Crippen LogP contribution in [0.3, 0.4) is 0 Å². The summed E-state index contributed by atoms with van der Waals surface area (Å²) in [5.74, 6) is 2.19. The Labute approximate surface area is 122 Å². The molecule has 2 N–H and O–H groups in total. The summed E-state index contributed by atoms with van der Waals surface area (Å²) in [6, 6.07) is 5.85. The molecule has 2 bridgehead atoms. The quantitative estimate of drug-likeness (QED) is 0.893. The second-order valence-electron chi connectivity index (χ2n) is 6.39. The number of hydrogen-bond acceptors (Lipinski definition) is 2. The van der Waals surface area contributed by atoms with Crippen LogP contribution in [-0.2, 0) is 0 Å². The maximum atomic E-state index is 12.1. The monoisotopic (exact) mass is 299 g/mol. The smallest absolute Gasteiger partial charge is 0.406 e. The SMILES string of the molecule is NC(CC1CC2CCC1C2)c1ccc(OC(F)(F)F)cc1. The van der Waals surface area contributed by atoms with E-state index in [2.05, 4.69) is 4.74 Å². The van der Waals surface area contributed by atoms with Crippen molar-refractivity contribution in [2.75, 3.05) is 0 Å². The number of fused-ring (bicyclic) bond motifs is 2. The van der Waals surface area contributed by atoms with E-state index < -0.39 is 6.36 Å². The number of nitrogens with two attached hydrogens (primary N) is 1. The number of benzene rings is 1. The third-order valence-corrected chi connectivity index (χ3v) is 4.98. The number of alkyl halides is 3. The van der Waals surface area contributed by atoms with Gasteiger partial charge >= 0.3 is 6.36 Å². The van der Waals surface area contributed by atoms with Crippen LogP contribution in [0.4, 0.5) is 13.2 Å². The largest absolute Gasteiger partial charge is 0.573 e. The Morgan fingerprint density at radius 1 is 1.14 bits per heavy atom. The lowest BCUT2D eigenvalue weighted by Crippen LogP contribution is -2.20. The zero-order valence-corrected chi connectivity index (χ0v) is 11.8. The molecule has 0 amide bonds. The summed E-state index contributed by atoms with van der Waals surface area (Å²) in [7, 11) is 0. The average molecular weight is 299 g/mol. The zero-order valence-electron chi connectivity index (χ0n) is 11.8. The van der Waals surface area contributed by atoms with Crippen molar-refractivity contribution in [3.8, 4) is 5.75 Å². The van der Waals surface area contributed by atoms with Crippen LogP contribution in [-0.4, -0.2) is 6.36 Å². The van der Waals surface area contributed by atoms with Gasteiger partial charge in [-0.3, -0.25) is 0 Å². The standard InChI is InChI=1S/C16H20F3NO/c17-16(18,19)21-14-5-3-11(4-6-14)15(20)9-13-8-10-1-2-12(13)7-10/h3-6,10,12-13,15H,1-2,7-9,20H2. The first kappa shape index (κ1) is 14.7. The predicted molar refractivity (Wildman–Crippen MR) is 73.6 cm³/mol. The van der Waals surface area contributed by atoms with E-state index in [9.17, 15) is 13.2 Å². The van der Waals surface area contributed by atoms with Crippen molar-refractivity contribution in [2.24, 2.45) is 23.5 Å². The molecule has 2 saturated carbocycles. The number of hydrogen-bond donors (Lipinski definition) is 1. The van der Waals surface area contributed by atoms with Gasteiger partial charge in [-0.1, -0.05) is 18.6 Å². The van der Waals surface area contributed by atoms with E-state index in [-0.39, 0.29) is 11.8 Å². The van der Waals surface area contributed by atoms with Crippen molar-refractivity contribution in [1.29, 1.82) is 0 Å². The molecule has 21 heavy (non-hydrogen) atoms. The molecule has 0 aromatic heterocycles. The van der Waals surface area contributed by atoms with Crippen molar-refractivity contribution in [3.05, 3.63) is 29.8 Å². The minimum atomic E-state index is -4.65. The van der Waals surface area contributed by atoms with Gasteiger partial charge in [-0.25, -0.2) is 0 Å². The molecule has 0 radical (unpaired) electrons. The molecule has 0 spiro atoms. The molecular weight excluding hydrogens is 279 g/mol. The summed E-state index contributed by atoms with van der Waals surface area (Å²) in [6.45, 7) is 0. The van der Waals surface area contributed by atoms with Crippen molar-refractivity contribution >= 4 is 0 Å². The first-order chi connectivity index (χ1) is 9.90. The summed E-state index contributed by atoms with van der Waals surface area (Å²) < 4.78 is 40.2. The summed E-state index contributed by atoms with van der Waals surface area (Å²) in [6.07, 6.45) is 1.58. The normalized spacial score (nSPS) is 29.6. The van der Waals surface area contributed by atoms with Gasteiger partial charge in [-0.2, -0.15) is 0 Å². The molecule has 2 nitrogen and oxygen atoms in total. The van der Waals surface area contributed by atoms with Gasteiger partial charge in [-0.05, 0) is 61.1 Å². The maximum Gasteiger partial charge on any atom is 0.573 e. The molecule has 116 valence electrons. The summed E-state index contributed by atoms with van der Waals surface area (Å²) in [5, 5.41) is 0. The molecule has 0 heterocycles. The summed E-state index contributed by atoms with van der Waals surface area (Å²) in [5.41, 5.74) is 7.10. The highest BCUT2D eigenvalue weighted by Gasteiger charge is 2.39. The molecule has 1 aromatic carbocycles. The van der Waals surface area contributed by atoms with Crippen molar-refractivity contribution in [2.45, 2.75) is 44.5 Å². The maximum absolute atomic E-state index is 12.1. The highest BCUT2D eigenvalue weighted by molar-refractivity contribution is 5.29. The second kappa shape index (κ2) is 5.52. The van der Waals surface area contributed by atoms with Crippen LogP contribution in [0.2, 0.25) is 0 Å². The molecule has 3 rings (SSSR count). The molecule has 4 atom stereocenters. The molecule has 5 heteroatoms. The van der Waals surface area contributed by atoms with Crippen LogP contribution in [0, 0.1) is 17.8 Å². The molecule has 1 aromatic rings. The number of ether oxygens (including phenoxy) is 1. The molecule has 2 aliphatic carbocycles. The average Bonchev–Trinajstić information content (AvgIpc) is 3.00. The fourth-order valence-corrected chi connectivity index (χ4v) is 4.04. The van der Waals surface area contributed by atoms with Crippen molar-refractivity contribution < 1.29 is 17.9 Å². The predicted octanol–water partition coefficient (Wildman–Crippen LogP) is 4.41. The fourth-order valence-electron chi connectivity index (χ4n) is 4.04. The van der Waals surface area contributed by atoms with Crippen LogP contribution >= 0.6 is 0 Å². The molecule has 0 aliphatic heterocycles. The second-order valence-corrected chi connectivity index (χ2v) is 6.39. The van der Waals surface area contributed by atoms with E-state index in [1.807, 2.05) is 0 Å². The molecule has 2 fully saturated rings. The van der Waals surface area contributed by atoms with Gasteiger partial charge in [0.05, 0.1) is 0 Å². The number of rotatable bonds is 4. The topological polar surface area (TPSA) is 35.2 Å². The Kier molecular flexibility index (Phi) is 3.86. The highest BCUT2D eigenvalue weighted by Crippen LogP contribution is 2.50. The van der Waals surface area contributed by atoms with E-state index >= 15 is 0 Å². The van der Waals surface area contributed by atoms with E-state index in [0.29, 0.717) is 5.92 Å². The Hall–Kier alpha value is -1.23. The Balaban J connectivity index is 1.58. The van der Waals surface area contributed by atoms with Gasteiger partial charge in [0.2, 0.25) is 0 Å². The Morgan fingerprint density at radius 3 is 2.38 bits per heavy atom. The third kappa shape index (κ3) is 3.51. The molecule has 0 saturated heterocycles. The van der Waals surface area contributed by atoms with Gasteiger partial charge in [0.25, 0.3) is 0 Å². The summed E-state index contributed by atoms with van der Waals surface area (Å²) >= 11 is 0. The van der Waals surface area contributed by atoms with Crippen LogP contribution in [0.5, 0.6) is 5.75 Å². The van der Waals surface area contributed by atoms with Crippen LogP contribution in [0.1, 0.15) is 43.7 Å². The van der Waals surface area contributed by atoms with E-state index in [1.165, 1.54) is 37.8 Å². The van der Waals surface area contributed by atoms with Gasteiger partial charge in [0, 0.05) is 6.04 Å². The summed E-state index contributed by atoms with van der Waals surface area (Å²) in [4.78, 5) is 0. The lowest BCUT2D eigenvalue weighted by atomic mass is 9.83. The zero-order chi connectivity index (χ0) is 15.0. The third-order valence-electron chi connectivity index (χ3n) is 4.98. The first-order valence-corrected chi connectivity index (χ1v) is 7.52. The van der Waals surface area contributed by atoms with E-state index in [1.54, 1.807) is 12.1 Å². The fraction of sp³-hybridized carbons (Fsp3) is 0.625. The highest BCUT2D eigenvalue weighted by atomic mass is 19.4. The number of halogens is 3. The molecular formula is C16H20F3NO. The van der Waals surface area contributed by atoms with Gasteiger partial charge < -0.3 is 10.5 Å². The van der Waals surface area contributed by atoms with Crippen molar-refractivity contribution in [1.82, 2.24) is 0 Å². The van der Waals surface area contributed by atoms with Gasteiger partial charge in [0.1, 0.15) is 5.75 Å². The Morgan fingerprint density at radius 2 is 1.86 bits per heavy atom.